The molecule has 0 saturated heterocycles. The average molecular weight is 413 g/mol. The van der Waals surface area contributed by atoms with Crippen molar-refractivity contribution >= 4 is 5.97 Å². The molecule has 0 aromatic carbocycles. The van der Waals surface area contributed by atoms with E-state index in [2.05, 4.69) is 19.1 Å². The maximum atomic E-state index is 10.6. The third kappa shape index (κ3) is 27.1. The molecule has 0 aromatic rings. The van der Waals surface area contributed by atoms with Gasteiger partial charge in [0.15, 0.2) is 0 Å². The van der Waals surface area contributed by atoms with Gasteiger partial charge >= 0.3 is 5.97 Å². The Morgan fingerprint density at radius 3 is 1.48 bits per heavy atom. The molecule has 4 heteroatoms. The van der Waals surface area contributed by atoms with Crippen LogP contribution in [-0.2, 0) is 4.79 Å². The van der Waals surface area contributed by atoms with Gasteiger partial charge in [0.25, 0.3) is 0 Å². The topological polar surface area (TPSA) is 75.5 Å². The Hall–Kier alpha value is -0.870. The van der Waals surface area contributed by atoms with Crippen molar-refractivity contribution in [1.29, 1.82) is 0 Å². The number of allylic oxidation sites excluding steroid dienone is 2. The summed E-state index contributed by atoms with van der Waals surface area (Å²) in [6.07, 6.45) is 29.0. The molecule has 0 bridgehead atoms. The van der Waals surface area contributed by atoms with Crippen molar-refractivity contribution < 1.29 is 9.90 Å². The molecule has 0 aliphatic carbocycles. The van der Waals surface area contributed by atoms with Crippen molar-refractivity contribution in [2.75, 3.05) is 20.1 Å². The number of unbranched alkanes of at least 4 members (excludes halogenated alkanes) is 16. The first-order valence-corrected chi connectivity index (χ1v) is 12.2. The lowest BCUT2D eigenvalue weighted by Crippen LogP contribution is -2.26. The van der Waals surface area contributed by atoms with E-state index in [9.17, 15) is 4.79 Å². The van der Waals surface area contributed by atoms with E-state index in [1.54, 1.807) is 0 Å². The van der Waals surface area contributed by atoms with Gasteiger partial charge in [0.1, 0.15) is 0 Å². The predicted octanol–water partition coefficient (Wildman–Crippen LogP) is 7.76. The summed E-state index contributed by atoms with van der Waals surface area (Å²) < 4.78 is 0. The third-order valence-electron chi connectivity index (χ3n) is 5.46. The molecule has 0 amide bonds. The van der Waals surface area contributed by atoms with E-state index in [0.29, 0.717) is 0 Å². The summed E-state index contributed by atoms with van der Waals surface area (Å²) >= 11 is 0. The first-order chi connectivity index (χ1) is 13.7. The van der Waals surface area contributed by atoms with Crippen molar-refractivity contribution in [3.63, 3.8) is 0 Å². The molecule has 0 fully saturated rings. The average Bonchev–Trinajstić information content (AvgIpc) is 2.66. The maximum absolute atomic E-state index is 10.6. The number of likely N-dealkylation sites (N-methyl/N-ethyl adjacent to an activating group) is 1. The van der Waals surface area contributed by atoms with Gasteiger partial charge < -0.3 is 11.3 Å². The second-order valence-corrected chi connectivity index (χ2v) is 8.48. The first kappa shape index (κ1) is 30.3. The number of carboxylic acid groups (broad SMARTS) is 1. The lowest BCUT2D eigenvalue weighted by molar-refractivity contribution is -0.137. The van der Waals surface area contributed by atoms with Crippen LogP contribution in [0.1, 0.15) is 122 Å². The van der Waals surface area contributed by atoms with Gasteiger partial charge in [-0.3, -0.25) is 9.69 Å². The summed E-state index contributed by atoms with van der Waals surface area (Å²) in [6.45, 7) is 3.34. The largest absolute Gasteiger partial charge is 0.480 e. The number of hydrogen-bond acceptors (Lipinski definition) is 3. The highest BCUT2D eigenvalue weighted by Crippen LogP contribution is 2.12. The molecular weight excluding hydrogens is 360 g/mol. The fourth-order valence-corrected chi connectivity index (χ4v) is 3.65. The number of carboxylic acids is 1. The Bertz CT molecular complexity index is 359. The Morgan fingerprint density at radius 2 is 1.07 bits per heavy atom. The second kappa shape index (κ2) is 25.2. The van der Waals surface area contributed by atoms with Crippen molar-refractivity contribution in [2.24, 2.45) is 0 Å². The highest BCUT2D eigenvalue weighted by atomic mass is 16.4. The summed E-state index contributed by atoms with van der Waals surface area (Å²) in [5.74, 6) is -0.730. The number of carbonyl (C=O) groups is 1. The van der Waals surface area contributed by atoms with E-state index >= 15 is 0 Å². The number of rotatable bonds is 22. The third-order valence-corrected chi connectivity index (χ3v) is 5.46. The van der Waals surface area contributed by atoms with E-state index in [4.69, 9.17) is 5.11 Å². The SMILES string of the molecule is CCCCCCCC/C=C\CCCCCCCCCCCCN(C)CC(=O)O.N. The van der Waals surface area contributed by atoms with Crippen LogP contribution in [-0.4, -0.2) is 36.1 Å². The zero-order valence-corrected chi connectivity index (χ0v) is 19.8. The van der Waals surface area contributed by atoms with Gasteiger partial charge in [0.2, 0.25) is 0 Å². The molecule has 29 heavy (non-hydrogen) atoms. The summed E-state index contributed by atoms with van der Waals surface area (Å²) in [4.78, 5) is 12.5. The number of hydrogen-bond donors (Lipinski definition) is 2. The molecule has 0 aromatic heterocycles. The van der Waals surface area contributed by atoms with E-state index in [-0.39, 0.29) is 12.7 Å². The van der Waals surface area contributed by atoms with Gasteiger partial charge in [-0.25, -0.2) is 0 Å². The molecule has 0 atom stereocenters. The molecule has 4 nitrogen and oxygen atoms in total. The van der Waals surface area contributed by atoms with Gasteiger partial charge in [0, 0.05) is 0 Å². The normalized spacial score (nSPS) is 11.3. The van der Waals surface area contributed by atoms with Crippen LogP contribution in [0.15, 0.2) is 12.2 Å². The van der Waals surface area contributed by atoms with Crippen LogP contribution in [0.2, 0.25) is 0 Å². The second-order valence-electron chi connectivity index (χ2n) is 8.48. The lowest BCUT2D eigenvalue weighted by atomic mass is 10.1. The van der Waals surface area contributed by atoms with Crippen LogP contribution in [0.5, 0.6) is 0 Å². The Morgan fingerprint density at radius 1 is 0.690 bits per heavy atom. The minimum Gasteiger partial charge on any atom is -0.480 e. The summed E-state index contributed by atoms with van der Waals surface area (Å²) in [7, 11) is 1.89. The highest BCUT2D eigenvalue weighted by Gasteiger charge is 2.02. The van der Waals surface area contributed by atoms with Crippen LogP contribution in [0.4, 0.5) is 0 Å². The van der Waals surface area contributed by atoms with E-state index in [0.717, 1.165) is 13.0 Å². The van der Waals surface area contributed by atoms with Crippen molar-refractivity contribution in [3.8, 4) is 0 Å². The summed E-state index contributed by atoms with van der Waals surface area (Å²) in [5, 5.41) is 8.70. The standard InChI is InChI=1S/C25H49NO2.H3N/c1-3-4-5-6-7-8-9-10-11-12-13-14-15-16-17-18-19-20-21-22-23-26(2)24-25(27)28;/h10-11H,3-9,12-24H2,1-2H3,(H,27,28);1H3/b11-10-;. The maximum Gasteiger partial charge on any atom is 0.317 e. The molecular formula is C25H52N2O2. The van der Waals surface area contributed by atoms with Crippen molar-refractivity contribution in [3.05, 3.63) is 12.2 Å². The minimum atomic E-state index is -0.730. The number of nitrogens with zero attached hydrogens (tertiary/aromatic N) is 1. The summed E-state index contributed by atoms with van der Waals surface area (Å²) in [5.41, 5.74) is 0. The smallest absolute Gasteiger partial charge is 0.317 e. The Kier molecular flexibility index (Phi) is 26.3. The highest BCUT2D eigenvalue weighted by molar-refractivity contribution is 5.68. The molecule has 0 unspecified atom stereocenters. The van der Waals surface area contributed by atoms with Gasteiger partial charge in [-0.2, -0.15) is 0 Å². The Balaban J connectivity index is 0. The van der Waals surface area contributed by atoms with Gasteiger partial charge in [-0.15, -0.1) is 0 Å². The van der Waals surface area contributed by atoms with Crippen molar-refractivity contribution in [2.45, 2.75) is 122 Å². The molecule has 0 saturated carbocycles. The monoisotopic (exact) mass is 412 g/mol. The molecule has 174 valence electrons. The van der Waals surface area contributed by atoms with Crippen molar-refractivity contribution in [1.82, 2.24) is 11.1 Å². The van der Waals surface area contributed by atoms with Crippen LogP contribution in [0.3, 0.4) is 0 Å². The zero-order valence-electron chi connectivity index (χ0n) is 19.8. The molecule has 0 aliphatic heterocycles. The molecule has 0 radical (unpaired) electrons. The van der Waals surface area contributed by atoms with Crippen LogP contribution < -0.4 is 6.15 Å². The van der Waals surface area contributed by atoms with Crippen LogP contribution in [0.25, 0.3) is 0 Å². The molecule has 0 heterocycles. The molecule has 0 spiro atoms. The molecule has 0 aliphatic rings. The van der Waals surface area contributed by atoms with E-state index < -0.39 is 5.97 Å². The molecule has 0 rings (SSSR count). The Labute approximate surface area is 182 Å². The lowest BCUT2D eigenvalue weighted by Gasteiger charge is -2.13. The summed E-state index contributed by atoms with van der Waals surface area (Å²) in [6, 6.07) is 0. The quantitative estimate of drug-likeness (QED) is 0.141. The number of aliphatic carboxylic acids is 1. The zero-order chi connectivity index (χ0) is 20.7. The minimum absolute atomic E-state index is 0. The van der Waals surface area contributed by atoms with Gasteiger partial charge in [-0.05, 0) is 45.7 Å². The first-order valence-electron chi connectivity index (χ1n) is 12.2. The van der Waals surface area contributed by atoms with Crippen LogP contribution in [0, 0.1) is 0 Å². The predicted molar refractivity (Wildman–Crippen MR) is 128 cm³/mol. The van der Waals surface area contributed by atoms with E-state index in [1.165, 1.54) is 109 Å². The fourth-order valence-electron chi connectivity index (χ4n) is 3.65. The van der Waals surface area contributed by atoms with Crippen LogP contribution >= 0.6 is 0 Å². The van der Waals surface area contributed by atoms with Gasteiger partial charge in [-0.1, -0.05) is 103 Å². The van der Waals surface area contributed by atoms with Gasteiger partial charge in [0.05, 0.1) is 6.54 Å². The van der Waals surface area contributed by atoms with E-state index in [1.807, 2.05) is 11.9 Å². The molecule has 4 N–H and O–H groups in total. The fraction of sp³-hybridized carbons (Fsp3) is 0.880.